The SMILES string of the molecule is CC(C)c1ccc(OCC(=O)N(Cc2cccc(Br)c2)C(C)C(=O)NC2CCCC2)cc1. The predicted octanol–water partition coefficient (Wildman–Crippen LogP) is 5.43. The number of carbonyl (C=O) groups is 2. The van der Waals surface area contributed by atoms with Gasteiger partial charge in [-0.2, -0.15) is 0 Å². The van der Waals surface area contributed by atoms with Gasteiger partial charge in [0.05, 0.1) is 0 Å². The Balaban J connectivity index is 1.69. The highest BCUT2D eigenvalue weighted by atomic mass is 79.9. The van der Waals surface area contributed by atoms with Crippen molar-refractivity contribution in [2.24, 2.45) is 0 Å². The molecule has 1 saturated carbocycles. The molecular weight excluding hydrogens is 468 g/mol. The summed E-state index contributed by atoms with van der Waals surface area (Å²) in [4.78, 5) is 27.7. The number of nitrogens with zero attached hydrogens (tertiary/aromatic N) is 1. The molecule has 0 saturated heterocycles. The second-order valence-electron chi connectivity index (χ2n) is 8.83. The Bertz CT molecular complexity index is 908. The maximum atomic E-state index is 13.2. The predicted molar refractivity (Wildman–Crippen MR) is 131 cm³/mol. The molecule has 6 heteroatoms. The maximum absolute atomic E-state index is 13.2. The largest absolute Gasteiger partial charge is 0.484 e. The van der Waals surface area contributed by atoms with Crippen molar-refractivity contribution in [3.8, 4) is 5.75 Å². The number of benzene rings is 2. The molecule has 3 rings (SSSR count). The van der Waals surface area contributed by atoms with Gasteiger partial charge < -0.3 is 15.0 Å². The summed E-state index contributed by atoms with van der Waals surface area (Å²) in [6.07, 6.45) is 4.30. The van der Waals surface area contributed by atoms with Crippen molar-refractivity contribution < 1.29 is 14.3 Å². The van der Waals surface area contributed by atoms with Crippen molar-refractivity contribution in [2.75, 3.05) is 6.61 Å². The molecule has 172 valence electrons. The van der Waals surface area contributed by atoms with E-state index >= 15 is 0 Å². The van der Waals surface area contributed by atoms with Gasteiger partial charge in [-0.3, -0.25) is 9.59 Å². The Morgan fingerprint density at radius 1 is 1.09 bits per heavy atom. The number of ether oxygens (including phenoxy) is 1. The Kier molecular flexibility index (Phi) is 8.74. The average molecular weight is 501 g/mol. The van der Waals surface area contributed by atoms with E-state index in [2.05, 4.69) is 35.1 Å². The van der Waals surface area contributed by atoms with E-state index in [1.807, 2.05) is 48.5 Å². The summed E-state index contributed by atoms with van der Waals surface area (Å²) in [6.45, 7) is 6.29. The first kappa shape index (κ1) is 24.3. The third-order valence-corrected chi connectivity index (χ3v) is 6.51. The molecule has 0 heterocycles. The van der Waals surface area contributed by atoms with Gasteiger partial charge in [-0.25, -0.2) is 0 Å². The van der Waals surface area contributed by atoms with Gasteiger partial charge in [0, 0.05) is 17.1 Å². The smallest absolute Gasteiger partial charge is 0.261 e. The van der Waals surface area contributed by atoms with Crippen molar-refractivity contribution >= 4 is 27.7 Å². The van der Waals surface area contributed by atoms with Crippen LogP contribution in [0, 0.1) is 0 Å². The molecule has 2 aromatic carbocycles. The van der Waals surface area contributed by atoms with Gasteiger partial charge in [0.1, 0.15) is 11.8 Å². The first-order valence-electron chi connectivity index (χ1n) is 11.4. The fraction of sp³-hybridized carbons (Fsp3) is 0.462. The number of amides is 2. The first-order chi connectivity index (χ1) is 15.3. The number of nitrogens with one attached hydrogen (secondary N) is 1. The number of hydrogen-bond acceptors (Lipinski definition) is 3. The van der Waals surface area contributed by atoms with Gasteiger partial charge in [0.2, 0.25) is 5.91 Å². The summed E-state index contributed by atoms with van der Waals surface area (Å²) in [5.74, 6) is 0.757. The van der Waals surface area contributed by atoms with Crippen LogP contribution in [0.2, 0.25) is 0 Å². The molecule has 2 amide bonds. The van der Waals surface area contributed by atoms with Crippen LogP contribution in [0.1, 0.15) is 63.5 Å². The molecule has 0 aromatic heterocycles. The lowest BCUT2D eigenvalue weighted by Gasteiger charge is -2.29. The van der Waals surface area contributed by atoms with Crippen LogP contribution < -0.4 is 10.1 Å². The van der Waals surface area contributed by atoms with Gasteiger partial charge in [-0.1, -0.05) is 66.9 Å². The Hall–Kier alpha value is -2.34. The molecule has 1 unspecified atom stereocenters. The zero-order valence-corrected chi connectivity index (χ0v) is 20.7. The number of rotatable bonds is 9. The topological polar surface area (TPSA) is 58.6 Å². The lowest BCUT2D eigenvalue weighted by atomic mass is 10.0. The summed E-state index contributed by atoms with van der Waals surface area (Å²) in [6, 6.07) is 15.2. The Morgan fingerprint density at radius 3 is 2.41 bits per heavy atom. The van der Waals surface area contributed by atoms with Crippen LogP contribution >= 0.6 is 15.9 Å². The highest BCUT2D eigenvalue weighted by Gasteiger charge is 2.28. The fourth-order valence-electron chi connectivity index (χ4n) is 3.98. The van der Waals surface area contributed by atoms with Gasteiger partial charge in [-0.15, -0.1) is 0 Å². The minimum Gasteiger partial charge on any atom is -0.484 e. The Labute approximate surface area is 199 Å². The fourth-order valence-corrected chi connectivity index (χ4v) is 4.43. The molecule has 1 atom stereocenters. The van der Waals surface area contributed by atoms with E-state index in [9.17, 15) is 9.59 Å². The van der Waals surface area contributed by atoms with Crippen molar-refractivity contribution in [1.29, 1.82) is 0 Å². The lowest BCUT2D eigenvalue weighted by Crippen LogP contribution is -2.50. The highest BCUT2D eigenvalue weighted by molar-refractivity contribution is 9.10. The van der Waals surface area contributed by atoms with Crippen molar-refractivity contribution in [3.05, 3.63) is 64.1 Å². The molecule has 2 aromatic rings. The van der Waals surface area contributed by atoms with E-state index in [4.69, 9.17) is 4.74 Å². The van der Waals surface area contributed by atoms with Gasteiger partial charge in [0.25, 0.3) is 5.91 Å². The summed E-state index contributed by atoms with van der Waals surface area (Å²) in [7, 11) is 0. The van der Waals surface area contributed by atoms with Crippen LogP contribution in [0.5, 0.6) is 5.75 Å². The quantitative estimate of drug-likeness (QED) is 0.499. The molecular formula is C26H33BrN2O3. The first-order valence-corrected chi connectivity index (χ1v) is 12.2. The summed E-state index contributed by atoms with van der Waals surface area (Å²) >= 11 is 3.48. The molecule has 1 N–H and O–H groups in total. The minimum atomic E-state index is -0.589. The third-order valence-electron chi connectivity index (χ3n) is 6.02. The van der Waals surface area contributed by atoms with E-state index in [1.165, 1.54) is 5.56 Å². The molecule has 1 fully saturated rings. The van der Waals surface area contributed by atoms with Gasteiger partial charge in [-0.05, 0) is 61.1 Å². The molecule has 0 radical (unpaired) electrons. The Morgan fingerprint density at radius 2 is 1.78 bits per heavy atom. The molecule has 1 aliphatic carbocycles. The van der Waals surface area contributed by atoms with Crippen LogP contribution in [-0.4, -0.2) is 35.4 Å². The monoisotopic (exact) mass is 500 g/mol. The van der Waals surface area contributed by atoms with Gasteiger partial charge >= 0.3 is 0 Å². The highest BCUT2D eigenvalue weighted by Crippen LogP contribution is 2.21. The lowest BCUT2D eigenvalue weighted by molar-refractivity contribution is -0.142. The molecule has 32 heavy (non-hydrogen) atoms. The molecule has 1 aliphatic rings. The second kappa shape index (κ2) is 11.5. The van der Waals surface area contributed by atoms with E-state index in [-0.39, 0.29) is 24.5 Å². The van der Waals surface area contributed by atoms with Crippen LogP contribution in [0.4, 0.5) is 0 Å². The third kappa shape index (κ3) is 6.83. The number of halogens is 1. The summed E-state index contributed by atoms with van der Waals surface area (Å²) < 4.78 is 6.71. The summed E-state index contributed by atoms with van der Waals surface area (Å²) in [5.41, 5.74) is 2.17. The molecule has 0 bridgehead atoms. The summed E-state index contributed by atoms with van der Waals surface area (Å²) in [5, 5.41) is 3.12. The zero-order valence-electron chi connectivity index (χ0n) is 19.1. The van der Waals surface area contributed by atoms with Crippen LogP contribution in [0.3, 0.4) is 0 Å². The number of hydrogen-bond donors (Lipinski definition) is 1. The zero-order chi connectivity index (χ0) is 23.1. The van der Waals surface area contributed by atoms with Crippen LogP contribution in [0.25, 0.3) is 0 Å². The average Bonchev–Trinajstić information content (AvgIpc) is 3.28. The van der Waals surface area contributed by atoms with Crippen molar-refractivity contribution in [1.82, 2.24) is 10.2 Å². The van der Waals surface area contributed by atoms with Gasteiger partial charge in [0.15, 0.2) is 6.61 Å². The normalized spacial score (nSPS) is 14.9. The van der Waals surface area contributed by atoms with E-state index < -0.39 is 6.04 Å². The number of carbonyl (C=O) groups excluding carboxylic acids is 2. The minimum absolute atomic E-state index is 0.110. The van der Waals surface area contributed by atoms with Crippen LogP contribution in [0.15, 0.2) is 53.0 Å². The van der Waals surface area contributed by atoms with E-state index in [0.29, 0.717) is 18.2 Å². The maximum Gasteiger partial charge on any atom is 0.261 e. The van der Waals surface area contributed by atoms with Crippen LogP contribution in [-0.2, 0) is 16.1 Å². The molecule has 0 aliphatic heterocycles. The standard InChI is InChI=1S/C26H33BrN2O3/c1-18(2)21-11-13-24(14-12-21)32-17-25(30)29(16-20-7-6-8-22(27)15-20)19(3)26(31)28-23-9-4-5-10-23/h6-8,11-15,18-19,23H,4-5,9-10,16-17H2,1-3H3,(H,28,31). The van der Waals surface area contributed by atoms with E-state index in [1.54, 1.807) is 11.8 Å². The van der Waals surface area contributed by atoms with Crippen molar-refractivity contribution in [3.63, 3.8) is 0 Å². The van der Waals surface area contributed by atoms with Crippen molar-refractivity contribution in [2.45, 2.75) is 71.0 Å². The molecule has 5 nitrogen and oxygen atoms in total. The molecule has 0 spiro atoms. The van der Waals surface area contributed by atoms with E-state index in [0.717, 1.165) is 35.7 Å². The second-order valence-corrected chi connectivity index (χ2v) is 9.75.